The first kappa shape index (κ1) is 12.4. The van der Waals surface area contributed by atoms with E-state index in [-0.39, 0.29) is 11.9 Å². The zero-order valence-electron chi connectivity index (χ0n) is 8.73. The summed E-state index contributed by atoms with van der Waals surface area (Å²) in [6, 6.07) is 4.01. The third-order valence-electron chi connectivity index (χ3n) is 2.37. The third kappa shape index (κ3) is 2.98. The molecule has 2 rings (SSSR count). The van der Waals surface area contributed by atoms with Crippen LogP contribution in [0, 0.1) is 5.82 Å². The predicted molar refractivity (Wildman–Crippen MR) is 65.1 cm³/mol. The molecule has 17 heavy (non-hydrogen) atoms. The second-order valence-corrected chi connectivity index (χ2v) is 4.51. The number of benzene rings is 1. The van der Waals surface area contributed by atoms with Crippen LogP contribution in [0.2, 0.25) is 5.02 Å². The van der Waals surface area contributed by atoms with Gasteiger partial charge in [-0.3, -0.25) is 11.3 Å². The largest absolute Gasteiger partial charge is 0.271 e. The first-order chi connectivity index (χ1) is 8.20. The van der Waals surface area contributed by atoms with Gasteiger partial charge in [0.25, 0.3) is 0 Å². The van der Waals surface area contributed by atoms with E-state index in [0.29, 0.717) is 17.0 Å². The van der Waals surface area contributed by atoms with Crippen LogP contribution in [0.3, 0.4) is 0 Å². The number of nitrogens with two attached hydrogens (primary N) is 1. The molecule has 0 radical (unpaired) electrons. The molecule has 1 aromatic carbocycles. The van der Waals surface area contributed by atoms with Crippen molar-refractivity contribution in [3.05, 3.63) is 45.7 Å². The molecule has 1 aromatic heterocycles. The van der Waals surface area contributed by atoms with E-state index >= 15 is 0 Å². The van der Waals surface area contributed by atoms with E-state index < -0.39 is 0 Å². The fourth-order valence-electron chi connectivity index (χ4n) is 1.49. The Kier molecular flexibility index (Phi) is 4.01. The van der Waals surface area contributed by atoms with Crippen LogP contribution in [-0.2, 0) is 6.42 Å². The average molecular weight is 273 g/mol. The molecule has 0 saturated carbocycles. The van der Waals surface area contributed by atoms with Gasteiger partial charge in [-0.25, -0.2) is 4.39 Å². The molecule has 4 nitrogen and oxygen atoms in total. The van der Waals surface area contributed by atoms with Gasteiger partial charge in [-0.15, -0.1) is 5.10 Å². The molecule has 0 aliphatic heterocycles. The molecular formula is C10H10ClFN4S. The maximum atomic E-state index is 13.1. The number of hydrogen-bond acceptors (Lipinski definition) is 5. The molecule has 0 aliphatic carbocycles. The molecule has 0 aliphatic rings. The van der Waals surface area contributed by atoms with Crippen molar-refractivity contribution < 1.29 is 4.39 Å². The Balaban J connectivity index is 2.21. The van der Waals surface area contributed by atoms with E-state index in [1.165, 1.54) is 29.7 Å². The summed E-state index contributed by atoms with van der Waals surface area (Å²) < 4.78 is 16.9. The van der Waals surface area contributed by atoms with Gasteiger partial charge in [0.15, 0.2) is 0 Å². The van der Waals surface area contributed by atoms with Crippen molar-refractivity contribution in [2.75, 3.05) is 0 Å². The van der Waals surface area contributed by atoms with Gasteiger partial charge in [0.05, 0.1) is 11.7 Å². The van der Waals surface area contributed by atoms with E-state index in [1.54, 1.807) is 5.38 Å². The zero-order valence-corrected chi connectivity index (χ0v) is 10.3. The standard InChI is InChI=1S/C10H10ClFN4S/c11-8-2-1-7(12)3-6(8)4-9(14-13)10-5-17-16-15-10/h1-3,5,9,14H,4,13H2. The number of halogens is 2. The van der Waals surface area contributed by atoms with Gasteiger partial charge in [0.2, 0.25) is 0 Å². The molecular weight excluding hydrogens is 263 g/mol. The lowest BCUT2D eigenvalue weighted by atomic mass is 10.0. The summed E-state index contributed by atoms with van der Waals surface area (Å²) in [5.74, 6) is 5.13. The van der Waals surface area contributed by atoms with Crippen LogP contribution in [0.4, 0.5) is 4.39 Å². The highest BCUT2D eigenvalue weighted by atomic mass is 35.5. The molecule has 3 N–H and O–H groups in total. The Labute approximate surface area is 107 Å². The molecule has 1 heterocycles. The summed E-state index contributed by atoms with van der Waals surface area (Å²) in [5, 5.41) is 6.22. The number of rotatable bonds is 4. The Bertz CT molecular complexity index is 491. The van der Waals surface area contributed by atoms with Crippen LogP contribution in [0.5, 0.6) is 0 Å². The Morgan fingerprint density at radius 2 is 2.35 bits per heavy atom. The van der Waals surface area contributed by atoms with E-state index in [1.807, 2.05) is 0 Å². The normalized spacial score (nSPS) is 12.6. The van der Waals surface area contributed by atoms with Crippen molar-refractivity contribution in [3.63, 3.8) is 0 Å². The molecule has 0 saturated heterocycles. The predicted octanol–water partition coefficient (Wildman–Crippen LogP) is 2.08. The minimum Gasteiger partial charge on any atom is -0.271 e. The van der Waals surface area contributed by atoms with Gasteiger partial charge in [0, 0.05) is 10.4 Å². The van der Waals surface area contributed by atoms with Crippen molar-refractivity contribution in [1.82, 2.24) is 15.0 Å². The molecule has 0 fully saturated rings. The molecule has 0 amide bonds. The van der Waals surface area contributed by atoms with Crippen molar-refractivity contribution in [2.24, 2.45) is 5.84 Å². The molecule has 0 spiro atoms. The van der Waals surface area contributed by atoms with E-state index in [9.17, 15) is 4.39 Å². The quantitative estimate of drug-likeness (QED) is 0.661. The number of hydrazine groups is 1. The first-order valence-corrected chi connectivity index (χ1v) is 6.09. The summed E-state index contributed by atoms with van der Waals surface area (Å²) in [7, 11) is 0. The Morgan fingerprint density at radius 1 is 1.53 bits per heavy atom. The Hall–Kier alpha value is -1.08. The first-order valence-electron chi connectivity index (χ1n) is 4.87. The third-order valence-corrected chi connectivity index (χ3v) is 3.26. The van der Waals surface area contributed by atoms with Crippen LogP contribution in [0.1, 0.15) is 17.3 Å². The fourth-order valence-corrected chi connectivity index (χ4v) is 2.19. The molecule has 2 aromatic rings. The van der Waals surface area contributed by atoms with Crippen LogP contribution in [0.25, 0.3) is 0 Å². The highest BCUT2D eigenvalue weighted by Gasteiger charge is 2.15. The van der Waals surface area contributed by atoms with Gasteiger partial charge in [-0.1, -0.05) is 16.1 Å². The van der Waals surface area contributed by atoms with Crippen molar-refractivity contribution in [1.29, 1.82) is 0 Å². The van der Waals surface area contributed by atoms with Gasteiger partial charge in [-0.05, 0) is 41.7 Å². The Morgan fingerprint density at radius 3 is 3.00 bits per heavy atom. The minimum atomic E-state index is -0.323. The lowest BCUT2D eigenvalue weighted by molar-refractivity contribution is 0.534. The molecule has 1 unspecified atom stereocenters. The molecule has 7 heteroatoms. The summed E-state index contributed by atoms with van der Waals surface area (Å²) in [5.41, 5.74) is 4.03. The minimum absolute atomic E-state index is 0.229. The maximum Gasteiger partial charge on any atom is 0.123 e. The number of nitrogens with one attached hydrogen (secondary N) is 1. The lowest BCUT2D eigenvalue weighted by Crippen LogP contribution is -2.30. The van der Waals surface area contributed by atoms with E-state index in [4.69, 9.17) is 17.4 Å². The topological polar surface area (TPSA) is 63.8 Å². The smallest absolute Gasteiger partial charge is 0.123 e. The van der Waals surface area contributed by atoms with Crippen LogP contribution in [-0.4, -0.2) is 9.59 Å². The second kappa shape index (κ2) is 5.50. The van der Waals surface area contributed by atoms with Crippen LogP contribution < -0.4 is 11.3 Å². The summed E-state index contributed by atoms with van der Waals surface area (Å²) in [6.07, 6.45) is 0.457. The van der Waals surface area contributed by atoms with Gasteiger partial charge in [-0.2, -0.15) is 0 Å². The number of aromatic nitrogens is 2. The van der Waals surface area contributed by atoms with Gasteiger partial charge in [0.1, 0.15) is 5.82 Å². The highest BCUT2D eigenvalue weighted by molar-refractivity contribution is 7.03. The molecule has 0 bridgehead atoms. The van der Waals surface area contributed by atoms with E-state index in [0.717, 1.165) is 5.69 Å². The second-order valence-electron chi connectivity index (χ2n) is 3.49. The monoisotopic (exact) mass is 272 g/mol. The number of nitrogens with zero attached hydrogens (tertiary/aromatic N) is 2. The zero-order chi connectivity index (χ0) is 12.3. The average Bonchev–Trinajstić information content (AvgIpc) is 2.84. The SMILES string of the molecule is NNC(Cc1cc(F)ccc1Cl)c1csnn1. The van der Waals surface area contributed by atoms with Crippen molar-refractivity contribution >= 4 is 23.1 Å². The van der Waals surface area contributed by atoms with Gasteiger partial charge < -0.3 is 0 Å². The summed E-state index contributed by atoms with van der Waals surface area (Å²) >= 11 is 7.23. The van der Waals surface area contributed by atoms with Crippen molar-refractivity contribution in [3.8, 4) is 0 Å². The summed E-state index contributed by atoms with van der Waals surface area (Å²) in [6.45, 7) is 0. The number of hydrogen-bond donors (Lipinski definition) is 2. The van der Waals surface area contributed by atoms with Crippen molar-refractivity contribution in [2.45, 2.75) is 12.5 Å². The van der Waals surface area contributed by atoms with E-state index in [2.05, 4.69) is 15.0 Å². The van der Waals surface area contributed by atoms with Crippen LogP contribution >= 0.6 is 23.1 Å². The lowest BCUT2D eigenvalue weighted by Gasteiger charge is -2.13. The van der Waals surface area contributed by atoms with Crippen LogP contribution in [0.15, 0.2) is 23.6 Å². The highest BCUT2D eigenvalue weighted by Crippen LogP contribution is 2.23. The van der Waals surface area contributed by atoms with Gasteiger partial charge >= 0.3 is 0 Å². The maximum absolute atomic E-state index is 13.1. The summed E-state index contributed by atoms with van der Waals surface area (Å²) in [4.78, 5) is 0. The molecule has 90 valence electrons. The molecule has 1 atom stereocenters. The fraction of sp³-hybridized carbons (Fsp3) is 0.200.